The molecule has 0 atom stereocenters. The lowest BCUT2D eigenvalue weighted by Gasteiger charge is -2.41. The van der Waals surface area contributed by atoms with Gasteiger partial charge in [-0.2, -0.15) is 70.6 Å². The van der Waals surface area contributed by atoms with E-state index in [1.165, 1.54) is 0 Å². The minimum Gasteiger partial charge on any atom is -0.426 e. The Labute approximate surface area is 174 Å². The summed E-state index contributed by atoms with van der Waals surface area (Å²) in [6.45, 7) is 0. The van der Waals surface area contributed by atoms with Crippen molar-refractivity contribution >= 4 is 22.8 Å². The first kappa shape index (κ1) is 26.9. The lowest BCUT2D eigenvalue weighted by molar-refractivity contribution is -0.454. The van der Waals surface area contributed by atoms with Crippen LogP contribution in [-0.2, 0) is 5.92 Å². The first-order valence-electron chi connectivity index (χ1n) is 7.47. The molecule has 0 fully saturated rings. The van der Waals surface area contributed by atoms with Crippen LogP contribution in [0.3, 0.4) is 0 Å². The summed E-state index contributed by atoms with van der Waals surface area (Å²) in [7, 11) is 0. The SMILES string of the molecule is On1c(C(F)(F)C(F)(F)C(F)(F)C(F)(F)C(F)(F)C(F)(F)C(F)(F)F)nc2ncc(Cl)cc21. The van der Waals surface area contributed by atoms with Crippen LogP contribution in [0.1, 0.15) is 5.82 Å². The van der Waals surface area contributed by atoms with Crippen LogP contribution in [0.2, 0.25) is 5.02 Å². The van der Waals surface area contributed by atoms with Gasteiger partial charge in [-0.25, -0.2) is 9.97 Å². The third kappa shape index (κ3) is 3.32. The van der Waals surface area contributed by atoms with Crippen LogP contribution in [0, 0.1) is 0 Å². The highest BCUT2D eigenvalue weighted by Crippen LogP contribution is 2.63. The summed E-state index contributed by atoms with van der Waals surface area (Å²) in [5, 5.41) is 8.96. The Bertz CT molecular complexity index is 1060. The van der Waals surface area contributed by atoms with Crippen molar-refractivity contribution in [3.05, 3.63) is 23.1 Å². The van der Waals surface area contributed by atoms with E-state index >= 15 is 0 Å². The van der Waals surface area contributed by atoms with Gasteiger partial charge in [0.2, 0.25) is 5.82 Å². The normalized spacial score (nSPS) is 15.4. The van der Waals surface area contributed by atoms with Gasteiger partial charge in [0.15, 0.2) is 5.65 Å². The molecule has 0 unspecified atom stereocenters. The molecule has 0 aromatic carbocycles. The Kier molecular flexibility index (Phi) is 5.77. The fraction of sp³-hybridized carbons (Fsp3) is 0.538. The van der Waals surface area contributed by atoms with Gasteiger partial charge in [-0.3, -0.25) is 0 Å². The molecule has 1 N–H and O–H groups in total. The second kappa shape index (κ2) is 7.08. The average molecular weight is 538 g/mol. The Balaban J connectivity index is 2.71. The van der Waals surface area contributed by atoms with Crippen molar-refractivity contribution in [2.24, 2.45) is 0 Å². The predicted molar refractivity (Wildman–Crippen MR) is 74.4 cm³/mol. The minimum absolute atomic E-state index is 0.458. The van der Waals surface area contributed by atoms with E-state index in [0.29, 0.717) is 12.3 Å². The van der Waals surface area contributed by atoms with Crippen LogP contribution in [0.4, 0.5) is 65.9 Å². The molecule has 188 valence electrons. The molecule has 33 heavy (non-hydrogen) atoms. The third-order valence-electron chi connectivity index (χ3n) is 4.06. The van der Waals surface area contributed by atoms with Crippen molar-refractivity contribution in [1.29, 1.82) is 0 Å². The van der Waals surface area contributed by atoms with Crippen LogP contribution in [0.25, 0.3) is 11.2 Å². The fourth-order valence-corrected chi connectivity index (χ4v) is 2.39. The molecule has 2 aromatic rings. The summed E-state index contributed by atoms with van der Waals surface area (Å²) in [6, 6.07) is 0.458. The summed E-state index contributed by atoms with van der Waals surface area (Å²) in [5.74, 6) is -50.9. The smallest absolute Gasteiger partial charge is 0.426 e. The summed E-state index contributed by atoms with van der Waals surface area (Å²) in [4.78, 5) is 5.54. The van der Waals surface area contributed by atoms with Gasteiger partial charge in [0.1, 0.15) is 5.52 Å². The van der Waals surface area contributed by atoms with Gasteiger partial charge < -0.3 is 5.21 Å². The molecule has 20 heteroatoms. The third-order valence-corrected chi connectivity index (χ3v) is 4.27. The van der Waals surface area contributed by atoms with Crippen LogP contribution >= 0.6 is 11.6 Å². The zero-order valence-corrected chi connectivity index (χ0v) is 15.2. The molecule has 0 spiro atoms. The first-order valence-corrected chi connectivity index (χ1v) is 7.84. The monoisotopic (exact) mass is 537 g/mol. The number of alkyl halides is 15. The fourth-order valence-electron chi connectivity index (χ4n) is 2.24. The molecule has 4 nitrogen and oxygen atoms in total. The lowest BCUT2D eigenvalue weighted by Crippen LogP contribution is -2.72. The number of nitrogens with zero attached hydrogens (tertiary/aromatic N) is 3. The van der Waals surface area contributed by atoms with E-state index in [2.05, 4.69) is 9.97 Å². The summed E-state index contributed by atoms with van der Waals surface area (Å²) in [6.07, 6.45) is -7.11. The van der Waals surface area contributed by atoms with Gasteiger partial charge in [-0.1, -0.05) is 11.6 Å². The van der Waals surface area contributed by atoms with Crippen molar-refractivity contribution in [2.75, 3.05) is 0 Å². The number of rotatable bonds is 6. The van der Waals surface area contributed by atoms with E-state index in [1.54, 1.807) is 0 Å². The highest BCUT2D eigenvalue weighted by Gasteiger charge is 2.93. The standard InChI is InChI=1S/C13H3ClF15N3O/c14-3-1-4-5(30-2-3)31-6(32(4)33)7(15,16)8(17,18)9(19,20)10(21,22)11(23,24)12(25,26)13(27,28)29/h1-2,33H. The molecule has 2 heterocycles. The number of imidazole rings is 1. The second-order valence-corrected chi connectivity index (χ2v) is 6.62. The van der Waals surface area contributed by atoms with E-state index in [9.17, 15) is 71.1 Å². The van der Waals surface area contributed by atoms with Gasteiger partial charge in [0.05, 0.1) is 5.02 Å². The Hall–Kier alpha value is -2.34. The van der Waals surface area contributed by atoms with Crippen LogP contribution in [0.15, 0.2) is 12.3 Å². The number of hydrogen-bond donors (Lipinski definition) is 1. The number of pyridine rings is 1. The minimum atomic E-state index is -8.44. The molecule has 2 rings (SSSR count). The molecule has 0 aliphatic carbocycles. The van der Waals surface area contributed by atoms with Gasteiger partial charge >= 0.3 is 41.7 Å². The van der Waals surface area contributed by atoms with Crippen LogP contribution in [0.5, 0.6) is 0 Å². The van der Waals surface area contributed by atoms with E-state index < -0.39 is 68.5 Å². The Morgan fingerprint density at radius 1 is 0.697 bits per heavy atom. The number of hydrogen-bond acceptors (Lipinski definition) is 3. The molecule has 0 amide bonds. The molecular weight excluding hydrogens is 535 g/mol. The van der Waals surface area contributed by atoms with Crippen molar-refractivity contribution in [1.82, 2.24) is 14.7 Å². The van der Waals surface area contributed by atoms with Gasteiger partial charge in [0, 0.05) is 6.20 Å². The van der Waals surface area contributed by atoms with Gasteiger partial charge in [0.25, 0.3) is 0 Å². The zero-order valence-electron chi connectivity index (χ0n) is 14.5. The molecule has 0 saturated carbocycles. The highest BCUT2D eigenvalue weighted by molar-refractivity contribution is 6.31. The van der Waals surface area contributed by atoms with Crippen LogP contribution in [-0.4, -0.2) is 55.7 Å². The van der Waals surface area contributed by atoms with Crippen LogP contribution < -0.4 is 0 Å². The molecule has 0 bridgehead atoms. The maximum absolute atomic E-state index is 14.2. The molecule has 0 radical (unpaired) electrons. The number of aromatic nitrogens is 3. The summed E-state index contributed by atoms with van der Waals surface area (Å²) in [5.41, 5.74) is -2.28. The quantitative estimate of drug-likeness (QED) is 0.355. The molecule has 0 aliphatic heterocycles. The van der Waals surface area contributed by atoms with Crippen molar-refractivity contribution < 1.29 is 71.1 Å². The van der Waals surface area contributed by atoms with Gasteiger partial charge in [-0.05, 0) is 6.07 Å². The Morgan fingerprint density at radius 3 is 1.58 bits per heavy atom. The topological polar surface area (TPSA) is 50.9 Å². The van der Waals surface area contributed by atoms with Crippen molar-refractivity contribution in [3.63, 3.8) is 0 Å². The van der Waals surface area contributed by atoms with E-state index in [4.69, 9.17) is 11.6 Å². The largest absolute Gasteiger partial charge is 0.460 e. The Morgan fingerprint density at radius 2 is 1.12 bits per heavy atom. The summed E-state index contributed by atoms with van der Waals surface area (Å²) < 4.78 is 198. The molecule has 0 aliphatic rings. The van der Waals surface area contributed by atoms with E-state index in [0.717, 1.165) is 0 Å². The summed E-state index contributed by atoms with van der Waals surface area (Å²) >= 11 is 5.35. The number of halogens is 16. The van der Waals surface area contributed by atoms with E-state index in [-0.39, 0.29) is 0 Å². The highest BCUT2D eigenvalue weighted by atomic mass is 35.5. The average Bonchev–Trinajstić information content (AvgIpc) is 2.96. The second-order valence-electron chi connectivity index (χ2n) is 6.19. The lowest BCUT2D eigenvalue weighted by atomic mass is 9.91. The molecule has 2 aromatic heterocycles. The maximum Gasteiger partial charge on any atom is 0.460 e. The maximum atomic E-state index is 14.2. The molecule has 0 saturated heterocycles. The van der Waals surface area contributed by atoms with Crippen molar-refractivity contribution in [2.45, 2.75) is 41.7 Å². The predicted octanol–water partition coefficient (Wildman–Crippen LogP) is 6.15. The first-order chi connectivity index (χ1) is 14.4. The molecular formula is C13H3ClF15N3O. The number of fused-ring (bicyclic) bond motifs is 1. The van der Waals surface area contributed by atoms with Crippen molar-refractivity contribution in [3.8, 4) is 0 Å². The zero-order chi connectivity index (χ0) is 26.2. The van der Waals surface area contributed by atoms with E-state index in [1.807, 2.05) is 0 Å². The van der Waals surface area contributed by atoms with Gasteiger partial charge in [-0.15, -0.1) is 0 Å².